The maximum Gasteiger partial charge on any atom is 1.00 e. The fourth-order valence-corrected chi connectivity index (χ4v) is 4.74. The molecule has 0 unspecified atom stereocenters. The summed E-state index contributed by atoms with van der Waals surface area (Å²) >= 11 is 12.3. The fraction of sp³-hybridized carbons (Fsp3) is 0.115. The van der Waals surface area contributed by atoms with Crippen molar-refractivity contribution < 1.29 is 57.2 Å². The number of carbonyl (C=O) groups excluding carboxylic acids is 1. The van der Waals surface area contributed by atoms with E-state index in [-0.39, 0.29) is 56.5 Å². The molecule has 0 aliphatic carbocycles. The van der Waals surface area contributed by atoms with Gasteiger partial charge in [0.15, 0.2) is 0 Å². The Kier molecular flexibility index (Phi) is 10.0. The Hall–Kier alpha value is -2.70. The van der Waals surface area contributed by atoms with Gasteiger partial charge in [0.05, 0.1) is 17.3 Å². The van der Waals surface area contributed by atoms with Crippen molar-refractivity contribution in [3.05, 3.63) is 81.8 Å². The van der Waals surface area contributed by atoms with Crippen LogP contribution in [0.4, 0.5) is 17.1 Å². The van der Waals surface area contributed by atoms with Gasteiger partial charge in [-0.25, -0.2) is 0 Å². The second-order valence-electron chi connectivity index (χ2n) is 8.10. The van der Waals surface area contributed by atoms with E-state index in [1.807, 2.05) is 6.92 Å². The SMILES string of the molecule is CCOc1ccc(NC(=O)c2cc3ccccc3c(N=Nc3cc(Cl)c(C)cc3S(=O)(=O)O)c2[O-])cc1Cl.[Na+]. The Labute approximate surface area is 256 Å². The molecule has 4 aromatic rings. The molecule has 2 N–H and O–H groups in total. The minimum Gasteiger partial charge on any atom is -0.870 e. The van der Waals surface area contributed by atoms with Gasteiger partial charge in [-0.05, 0) is 61.2 Å². The van der Waals surface area contributed by atoms with Gasteiger partial charge in [-0.15, -0.1) is 5.11 Å². The smallest absolute Gasteiger partial charge is 0.870 e. The van der Waals surface area contributed by atoms with Crippen molar-refractivity contribution in [1.29, 1.82) is 0 Å². The van der Waals surface area contributed by atoms with E-state index < -0.39 is 26.7 Å². The molecule has 0 bridgehead atoms. The summed E-state index contributed by atoms with van der Waals surface area (Å²) in [6, 6.07) is 15.2. The number of ether oxygens (including phenoxy) is 1. The average Bonchev–Trinajstić information content (AvgIpc) is 2.86. The molecule has 0 saturated heterocycles. The quantitative estimate of drug-likeness (QED) is 0.189. The van der Waals surface area contributed by atoms with Gasteiger partial charge < -0.3 is 15.2 Å². The molecule has 0 spiro atoms. The Morgan fingerprint density at radius 3 is 2.44 bits per heavy atom. The third-order valence-corrected chi connectivity index (χ3v) is 7.07. The zero-order valence-electron chi connectivity index (χ0n) is 21.0. The van der Waals surface area contributed by atoms with E-state index in [4.69, 9.17) is 27.9 Å². The van der Waals surface area contributed by atoms with E-state index in [0.29, 0.717) is 34.4 Å². The van der Waals surface area contributed by atoms with Crippen LogP contribution in [-0.4, -0.2) is 25.5 Å². The summed E-state index contributed by atoms with van der Waals surface area (Å²) in [6.45, 7) is 3.79. The molecule has 0 saturated carbocycles. The first-order valence-corrected chi connectivity index (χ1v) is 13.3. The normalized spacial score (nSPS) is 11.4. The number of amides is 1. The summed E-state index contributed by atoms with van der Waals surface area (Å²) in [4.78, 5) is 12.6. The monoisotopic (exact) mass is 595 g/mol. The van der Waals surface area contributed by atoms with Crippen LogP contribution in [0.1, 0.15) is 22.8 Å². The van der Waals surface area contributed by atoms with Gasteiger partial charge in [-0.3, -0.25) is 9.35 Å². The number of carbonyl (C=O) groups is 1. The van der Waals surface area contributed by atoms with Crippen molar-refractivity contribution in [2.24, 2.45) is 10.2 Å². The standard InChI is InChI=1S/C26H21Cl2N3O6S.Na/c1-3-37-22-9-8-16(12-20(22)28)29-26(33)18-11-15-6-4-5-7-17(15)24(25(18)32)31-30-21-13-19(27)14(2)10-23(21)38(34,35)36;/h4-13,32H,3H2,1-2H3,(H,29,33)(H,34,35,36);/q;+1/p-1. The molecule has 4 aromatic carbocycles. The first kappa shape index (κ1) is 30.8. The molecule has 13 heteroatoms. The molecule has 0 aliphatic heterocycles. The van der Waals surface area contributed by atoms with Crippen molar-refractivity contribution in [1.82, 2.24) is 0 Å². The number of aryl methyl sites for hydroxylation is 1. The molecule has 1 amide bonds. The summed E-state index contributed by atoms with van der Waals surface area (Å²) in [7, 11) is -4.67. The number of fused-ring (bicyclic) bond motifs is 1. The topological polar surface area (TPSA) is 140 Å². The van der Waals surface area contributed by atoms with E-state index in [1.165, 1.54) is 18.2 Å². The van der Waals surface area contributed by atoms with Crippen LogP contribution in [0.25, 0.3) is 10.8 Å². The van der Waals surface area contributed by atoms with E-state index in [1.54, 1.807) is 43.3 Å². The molecule has 0 heterocycles. The molecular formula is C26H20Cl2N3NaO6S. The van der Waals surface area contributed by atoms with Gasteiger partial charge >= 0.3 is 29.6 Å². The number of benzene rings is 4. The van der Waals surface area contributed by atoms with Gasteiger partial charge in [-0.1, -0.05) is 53.2 Å². The predicted octanol–water partition coefficient (Wildman–Crippen LogP) is 3.85. The van der Waals surface area contributed by atoms with E-state index >= 15 is 0 Å². The minimum absolute atomic E-state index is 0. The number of hydrogen-bond donors (Lipinski definition) is 2. The summed E-state index contributed by atoms with van der Waals surface area (Å²) < 4.78 is 38.8. The Morgan fingerprint density at radius 1 is 1.05 bits per heavy atom. The second kappa shape index (κ2) is 12.6. The van der Waals surface area contributed by atoms with Crippen LogP contribution in [0.3, 0.4) is 0 Å². The minimum atomic E-state index is -4.67. The molecule has 0 aliphatic rings. The number of halogens is 2. The maximum absolute atomic E-state index is 13.4. The molecule has 39 heavy (non-hydrogen) atoms. The van der Waals surface area contributed by atoms with Gasteiger partial charge in [0.25, 0.3) is 16.0 Å². The zero-order valence-corrected chi connectivity index (χ0v) is 25.4. The largest absolute Gasteiger partial charge is 1.00 e. The molecule has 196 valence electrons. The van der Waals surface area contributed by atoms with Crippen LogP contribution in [0, 0.1) is 6.92 Å². The number of nitrogens with zero attached hydrogens (tertiary/aromatic N) is 2. The van der Waals surface area contributed by atoms with Gasteiger partial charge in [0.1, 0.15) is 16.3 Å². The molecule has 0 radical (unpaired) electrons. The molecule has 4 rings (SSSR count). The van der Waals surface area contributed by atoms with E-state index in [2.05, 4.69) is 15.5 Å². The summed E-state index contributed by atoms with van der Waals surface area (Å²) in [5.74, 6) is -1.01. The molecule has 0 fully saturated rings. The van der Waals surface area contributed by atoms with Crippen LogP contribution >= 0.6 is 23.2 Å². The van der Waals surface area contributed by atoms with Crippen molar-refractivity contribution >= 4 is 67.1 Å². The number of nitrogens with one attached hydrogen (secondary N) is 1. The number of hydrogen-bond acceptors (Lipinski definition) is 7. The van der Waals surface area contributed by atoms with Gasteiger partial charge in [0, 0.05) is 21.7 Å². The van der Waals surface area contributed by atoms with E-state index in [9.17, 15) is 22.9 Å². The second-order valence-corrected chi connectivity index (χ2v) is 10.3. The first-order valence-electron chi connectivity index (χ1n) is 11.2. The van der Waals surface area contributed by atoms with Crippen molar-refractivity contribution in [2.75, 3.05) is 11.9 Å². The molecule has 9 nitrogen and oxygen atoms in total. The third-order valence-electron chi connectivity index (χ3n) is 5.49. The van der Waals surface area contributed by atoms with Crippen molar-refractivity contribution in [3.63, 3.8) is 0 Å². The van der Waals surface area contributed by atoms with Gasteiger partial charge in [-0.2, -0.15) is 13.5 Å². The van der Waals surface area contributed by atoms with Gasteiger partial charge in [0.2, 0.25) is 0 Å². The third kappa shape index (κ3) is 6.90. The zero-order chi connectivity index (χ0) is 27.6. The maximum atomic E-state index is 13.4. The van der Waals surface area contributed by atoms with Crippen LogP contribution in [0.15, 0.2) is 75.8 Å². The number of azo groups is 1. The summed E-state index contributed by atoms with van der Waals surface area (Å²) in [5, 5.41) is 25.3. The van der Waals surface area contributed by atoms with Crippen LogP contribution < -0.4 is 44.7 Å². The Balaban J connectivity index is 0.00000420. The molecular weight excluding hydrogens is 576 g/mol. The Bertz CT molecular complexity index is 1710. The summed E-state index contributed by atoms with van der Waals surface area (Å²) in [6.07, 6.45) is 0. The van der Waals surface area contributed by atoms with Crippen LogP contribution in [0.2, 0.25) is 10.0 Å². The first-order chi connectivity index (χ1) is 18.0. The van der Waals surface area contributed by atoms with E-state index in [0.717, 1.165) is 6.07 Å². The molecule has 0 atom stereocenters. The number of rotatable bonds is 7. The number of anilines is 1. The van der Waals surface area contributed by atoms with Crippen molar-refractivity contribution in [3.8, 4) is 11.5 Å². The van der Waals surface area contributed by atoms with Crippen molar-refractivity contribution in [2.45, 2.75) is 18.7 Å². The van der Waals surface area contributed by atoms with Crippen LogP contribution in [-0.2, 0) is 10.1 Å². The Morgan fingerprint density at radius 2 is 1.77 bits per heavy atom. The predicted molar refractivity (Wildman–Crippen MR) is 144 cm³/mol. The average molecular weight is 596 g/mol. The fourth-order valence-electron chi connectivity index (χ4n) is 3.66. The molecule has 0 aromatic heterocycles. The van der Waals surface area contributed by atoms with Crippen LogP contribution in [0.5, 0.6) is 11.5 Å². The summed E-state index contributed by atoms with van der Waals surface area (Å²) in [5.41, 5.74) is 0.0357.